The molecule has 356 valence electrons. The third kappa shape index (κ3) is 9.26. The molecule has 16 heteroatoms. The zero-order chi connectivity index (χ0) is 47.6. The van der Waals surface area contributed by atoms with Gasteiger partial charge in [0.1, 0.15) is 23.7 Å². The Balaban J connectivity index is 0.939. The van der Waals surface area contributed by atoms with Crippen molar-refractivity contribution in [2.75, 3.05) is 41.5 Å². The number of aromatic nitrogens is 4. The number of methoxy groups -OCH3 is 4. The van der Waals surface area contributed by atoms with Crippen LogP contribution in [0.25, 0.3) is 44.3 Å². The van der Waals surface area contributed by atoms with Crippen molar-refractivity contribution in [2.24, 2.45) is 0 Å². The van der Waals surface area contributed by atoms with Crippen molar-refractivity contribution in [2.45, 2.75) is 102 Å². The van der Waals surface area contributed by atoms with Crippen molar-refractivity contribution in [1.82, 2.24) is 40.4 Å². The van der Waals surface area contributed by atoms with Gasteiger partial charge in [-0.25, -0.2) is 19.6 Å². The predicted molar refractivity (Wildman–Crippen MR) is 257 cm³/mol. The van der Waals surface area contributed by atoms with Crippen molar-refractivity contribution < 1.29 is 38.1 Å². The van der Waals surface area contributed by atoms with E-state index in [-0.39, 0.29) is 23.9 Å². The Labute approximate surface area is 395 Å². The molecule has 4 amide bonds. The lowest BCUT2D eigenvalue weighted by Gasteiger charge is -2.30. The van der Waals surface area contributed by atoms with E-state index >= 15 is 0 Å². The topological polar surface area (TPSA) is 193 Å². The first-order valence-corrected chi connectivity index (χ1v) is 23.6. The van der Waals surface area contributed by atoms with E-state index in [0.717, 1.165) is 96.2 Å². The minimum atomic E-state index is -0.903. The molecule has 68 heavy (non-hydrogen) atoms. The first-order valence-electron chi connectivity index (χ1n) is 23.6. The van der Waals surface area contributed by atoms with E-state index in [1.54, 1.807) is 23.6 Å². The molecule has 2 aliphatic heterocycles. The summed E-state index contributed by atoms with van der Waals surface area (Å²) in [6, 6.07) is 24.1. The first-order chi connectivity index (χ1) is 33.0. The van der Waals surface area contributed by atoms with E-state index in [1.807, 2.05) is 0 Å². The van der Waals surface area contributed by atoms with Crippen LogP contribution in [0.15, 0.2) is 72.8 Å². The van der Waals surface area contributed by atoms with Crippen LogP contribution < -0.4 is 10.6 Å². The molecule has 6 aromatic rings. The van der Waals surface area contributed by atoms with E-state index in [1.165, 1.54) is 61.8 Å². The second-order valence-electron chi connectivity index (χ2n) is 18.2. The highest BCUT2D eigenvalue weighted by Gasteiger charge is 2.40. The lowest BCUT2D eigenvalue weighted by molar-refractivity contribution is -0.138. The minimum absolute atomic E-state index is 0.236. The number of imidazole rings is 2. The number of fused-ring (bicyclic) bond motifs is 2. The molecule has 6 atom stereocenters. The van der Waals surface area contributed by atoms with Crippen molar-refractivity contribution in [3.8, 4) is 22.3 Å². The van der Waals surface area contributed by atoms with Crippen LogP contribution >= 0.6 is 0 Å². The molecule has 4 heterocycles. The monoisotopic (exact) mass is 924 g/mol. The molecular formula is C52H60N8O8. The summed E-state index contributed by atoms with van der Waals surface area (Å²) in [5.41, 5.74) is 13.0. The maximum Gasteiger partial charge on any atom is 0.407 e. The summed E-state index contributed by atoms with van der Waals surface area (Å²) in [7, 11) is 5.57. The number of hydrogen-bond donors (Lipinski definition) is 4. The van der Waals surface area contributed by atoms with Crippen LogP contribution in [0.1, 0.15) is 85.5 Å². The SMILES string of the molecule is COC(=O)N[C@H](C(=O)N1CCC[C@H]1c1nc2cc(-c3cc4ccc3CCc3ccc(c(-c5ccc6[nH]c([C@@H]7CCCN7C(=O)[C@@H](NC(=O)OC)[C@@H](C)OC)nc6c5)c3)CC4)ccc2[nH]1)[C@@H](C)OC. The lowest BCUT2D eigenvalue weighted by Crippen LogP contribution is -2.54. The predicted octanol–water partition coefficient (Wildman–Crippen LogP) is 7.50. The number of carbonyl (C=O) groups excluding carboxylic acids is 4. The van der Waals surface area contributed by atoms with E-state index < -0.39 is 36.5 Å². The van der Waals surface area contributed by atoms with Gasteiger partial charge in [-0.15, -0.1) is 0 Å². The third-order valence-electron chi connectivity index (χ3n) is 14.2. The van der Waals surface area contributed by atoms with Crippen molar-refractivity contribution in [1.29, 1.82) is 0 Å². The van der Waals surface area contributed by atoms with Gasteiger partial charge >= 0.3 is 12.2 Å². The zero-order valence-electron chi connectivity index (χ0n) is 39.5. The average molecular weight is 925 g/mol. The molecule has 0 spiro atoms. The number of ether oxygens (including phenoxy) is 4. The Morgan fingerprint density at radius 2 is 1.01 bits per heavy atom. The second kappa shape index (κ2) is 19.8. The summed E-state index contributed by atoms with van der Waals surface area (Å²) in [6.45, 7) is 4.59. The van der Waals surface area contributed by atoms with Crippen LogP contribution in [-0.2, 0) is 54.2 Å². The molecule has 2 aromatic heterocycles. The summed E-state index contributed by atoms with van der Waals surface area (Å²) in [5.74, 6) is 0.966. The number of nitrogens with one attached hydrogen (secondary N) is 4. The summed E-state index contributed by atoms with van der Waals surface area (Å²) in [4.78, 5) is 72.8. The zero-order valence-corrected chi connectivity index (χ0v) is 39.5. The number of alkyl carbamates (subject to hydrolysis) is 2. The second-order valence-corrected chi connectivity index (χ2v) is 18.2. The Bertz CT molecular complexity index is 2670. The molecule has 2 fully saturated rings. The molecule has 2 saturated heterocycles. The molecule has 0 unspecified atom stereocenters. The average Bonchev–Trinajstić information content (AvgIpc) is 4.20. The maximum atomic E-state index is 13.9. The minimum Gasteiger partial charge on any atom is -0.453 e. The van der Waals surface area contributed by atoms with Gasteiger partial charge in [0.05, 0.1) is 60.6 Å². The molecule has 0 radical (unpaired) electrons. The normalized spacial score (nSPS) is 18.8. The fraction of sp³-hybridized carbons (Fsp3) is 0.423. The highest BCUT2D eigenvalue weighted by molar-refractivity contribution is 5.89. The standard InChI is InChI=1S/C52H60N8O8/c1-29(65-3)45(57-51(63)67-5)49(61)59-23-7-9-43(59)47-53-39-21-19-35(27-41(39)55-47)37-25-31-11-15-33(37)17-13-32-12-16-34(18-14-31)38(26-32)36-20-22-40-42(28-36)56-48(54-40)44-10-8-24-60(44)50(62)46(30(2)66-4)58-52(64)68-6/h11-12,15-16,19-22,25-30,43-46H,7-10,13-14,17-18,23-24H2,1-6H3,(H,53,55)(H,54,56)(H,57,63)(H,58,64)/t29-,30-,43+,44+,45+,46+/m1/s1. The summed E-state index contributed by atoms with van der Waals surface area (Å²) < 4.78 is 20.6. The summed E-state index contributed by atoms with van der Waals surface area (Å²) in [5, 5.41) is 5.33. The number of hydrogen-bond acceptors (Lipinski definition) is 10. The van der Waals surface area contributed by atoms with Crippen LogP contribution in [0.2, 0.25) is 0 Å². The summed E-state index contributed by atoms with van der Waals surface area (Å²) in [6.07, 6.45) is 4.00. The van der Waals surface area contributed by atoms with Gasteiger partial charge in [-0.3, -0.25) is 9.59 Å². The Kier molecular flexibility index (Phi) is 13.5. The van der Waals surface area contributed by atoms with Crippen molar-refractivity contribution in [3.63, 3.8) is 0 Å². The molecule has 6 aliphatic rings. The number of rotatable bonds is 12. The van der Waals surface area contributed by atoms with Gasteiger partial charge in [0.25, 0.3) is 0 Å². The van der Waals surface area contributed by atoms with Gasteiger partial charge in [0.2, 0.25) is 11.8 Å². The quantitative estimate of drug-likeness (QED) is 0.0955. The number of nitrogens with zero attached hydrogens (tertiary/aromatic N) is 4. The molecule has 4 aromatic carbocycles. The molecule has 0 saturated carbocycles. The number of H-pyrrole nitrogens is 2. The number of amides is 4. The van der Waals surface area contributed by atoms with E-state index in [0.29, 0.717) is 13.1 Å². The maximum absolute atomic E-state index is 13.9. The van der Waals surface area contributed by atoms with Crippen molar-refractivity contribution in [3.05, 3.63) is 107 Å². The first kappa shape index (κ1) is 46.3. The van der Waals surface area contributed by atoms with E-state index in [2.05, 4.69) is 93.4 Å². The van der Waals surface area contributed by atoms with E-state index in [4.69, 9.17) is 28.9 Å². The molecular weight excluding hydrogens is 865 g/mol. The fourth-order valence-corrected chi connectivity index (χ4v) is 10.2. The molecule has 12 rings (SSSR count). The van der Waals surface area contributed by atoms with Gasteiger partial charge in [-0.1, -0.05) is 48.5 Å². The molecule has 16 nitrogen and oxygen atoms in total. The highest BCUT2D eigenvalue weighted by atomic mass is 16.5. The van der Waals surface area contributed by atoms with E-state index in [9.17, 15) is 19.2 Å². The molecule has 4 bridgehead atoms. The number of likely N-dealkylation sites (tertiary alicyclic amines) is 2. The third-order valence-corrected chi connectivity index (χ3v) is 14.2. The van der Waals surface area contributed by atoms with Gasteiger partial charge in [0, 0.05) is 27.3 Å². The molecule has 4 aliphatic carbocycles. The van der Waals surface area contributed by atoms with Crippen LogP contribution in [0.3, 0.4) is 0 Å². The number of aryl methyl sites for hydroxylation is 4. The number of carbonyl (C=O) groups is 4. The van der Waals surface area contributed by atoms with Gasteiger partial charge in [-0.05, 0) is 134 Å². The van der Waals surface area contributed by atoms with Crippen molar-refractivity contribution >= 4 is 46.1 Å². The smallest absolute Gasteiger partial charge is 0.407 e. The Hall–Kier alpha value is -6.78. The van der Waals surface area contributed by atoms with Crippen LogP contribution in [0.5, 0.6) is 0 Å². The largest absolute Gasteiger partial charge is 0.453 e. The Morgan fingerprint density at radius 1 is 0.588 bits per heavy atom. The fourth-order valence-electron chi connectivity index (χ4n) is 10.2. The van der Waals surface area contributed by atoms with Crippen LogP contribution in [-0.4, -0.2) is 120 Å². The van der Waals surface area contributed by atoms with Crippen LogP contribution in [0, 0.1) is 0 Å². The van der Waals surface area contributed by atoms with Gasteiger partial charge in [-0.2, -0.15) is 0 Å². The number of benzene rings is 4. The van der Waals surface area contributed by atoms with Gasteiger partial charge < -0.3 is 49.3 Å². The molecule has 4 N–H and O–H groups in total. The highest BCUT2D eigenvalue weighted by Crippen LogP contribution is 2.37. The number of aromatic amines is 2. The lowest BCUT2D eigenvalue weighted by atomic mass is 9.87. The van der Waals surface area contributed by atoms with Crippen LogP contribution in [0.4, 0.5) is 9.59 Å². The summed E-state index contributed by atoms with van der Waals surface area (Å²) >= 11 is 0. The Morgan fingerprint density at radius 3 is 1.41 bits per heavy atom. The van der Waals surface area contributed by atoms with Gasteiger partial charge in [0.15, 0.2) is 0 Å².